The summed E-state index contributed by atoms with van der Waals surface area (Å²) in [5, 5.41) is 4.21. The van der Waals surface area contributed by atoms with Gasteiger partial charge in [0, 0.05) is 11.6 Å². The average molecular weight is 339 g/mol. The maximum atomic E-state index is 5.96. The Balaban J connectivity index is 1.43. The standard InChI is InChI=1S/C18H21N5O2/c1-24-16-6-4-14(5-7-16)17-9-20-18(25-17)11-22-8-2-3-15(22)10-23-13-19-12-21-23/h4-7,9,12-13,15H,2-3,8,10-11H2,1H3/t15-/m1/s1. The van der Waals surface area contributed by atoms with E-state index in [0.717, 1.165) is 49.0 Å². The minimum Gasteiger partial charge on any atom is -0.497 e. The summed E-state index contributed by atoms with van der Waals surface area (Å²) in [5.74, 6) is 2.36. The van der Waals surface area contributed by atoms with E-state index in [1.165, 1.54) is 6.42 Å². The van der Waals surface area contributed by atoms with Crippen LogP contribution in [0.25, 0.3) is 11.3 Å². The summed E-state index contributed by atoms with van der Waals surface area (Å²) < 4.78 is 13.0. The first-order chi connectivity index (χ1) is 12.3. The van der Waals surface area contributed by atoms with E-state index in [-0.39, 0.29) is 0 Å². The third-order valence-electron chi connectivity index (χ3n) is 4.63. The monoisotopic (exact) mass is 339 g/mol. The molecule has 0 amide bonds. The molecule has 7 heteroatoms. The van der Waals surface area contributed by atoms with E-state index in [1.54, 1.807) is 26.0 Å². The number of methoxy groups -OCH3 is 1. The minimum atomic E-state index is 0.443. The average Bonchev–Trinajstić information content (AvgIpc) is 3.39. The summed E-state index contributed by atoms with van der Waals surface area (Å²) in [6.07, 6.45) is 7.48. The number of nitrogens with zero attached hydrogens (tertiary/aromatic N) is 5. The Hall–Kier alpha value is -2.67. The zero-order valence-electron chi connectivity index (χ0n) is 14.2. The second-order valence-electron chi connectivity index (χ2n) is 6.23. The van der Waals surface area contributed by atoms with Crippen LogP contribution in [0.1, 0.15) is 18.7 Å². The molecule has 1 aliphatic rings. The summed E-state index contributed by atoms with van der Waals surface area (Å²) in [4.78, 5) is 10.9. The predicted molar refractivity (Wildman–Crippen MR) is 91.9 cm³/mol. The van der Waals surface area contributed by atoms with Gasteiger partial charge in [0.1, 0.15) is 18.4 Å². The van der Waals surface area contributed by atoms with Crippen molar-refractivity contribution in [3.05, 3.63) is 49.0 Å². The van der Waals surface area contributed by atoms with E-state index in [1.807, 2.05) is 28.9 Å². The van der Waals surface area contributed by atoms with Gasteiger partial charge in [0.2, 0.25) is 5.89 Å². The lowest BCUT2D eigenvalue weighted by Crippen LogP contribution is -2.32. The van der Waals surface area contributed by atoms with Crippen LogP contribution in [0.5, 0.6) is 5.75 Å². The molecule has 0 bridgehead atoms. The second kappa shape index (κ2) is 7.06. The molecule has 3 aromatic rings. The molecule has 2 aromatic heterocycles. The number of hydrogen-bond donors (Lipinski definition) is 0. The predicted octanol–water partition coefficient (Wildman–Crippen LogP) is 2.61. The number of benzene rings is 1. The lowest BCUT2D eigenvalue weighted by molar-refractivity contribution is 0.200. The van der Waals surface area contributed by atoms with Gasteiger partial charge in [-0.1, -0.05) is 0 Å². The molecular formula is C18H21N5O2. The van der Waals surface area contributed by atoms with Crippen LogP contribution in [0.2, 0.25) is 0 Å². The van der Waals surface area contributed by atoms with Crippen LogP contribution in [0, 0.1) is 0 Å². The second-order valence-corrected chi connectivity index (χ2v) is 6.23. The van der Waals surface area contributed by atoms with Crippen LogP contribution >= 0.6 is 0 Å². The zero-order chi connectivity index (χ0) is 17.1. The molecule has 7 nitrogen and oxygen atoms in total. The Kier molecular flexibility index (Phi) is 4.47. The van der Waals surface area contributed by atoms with Crippen LogP contribution in [0.4, 0.5) is 0 Å². The summed E-state index contributed by atoms with van der Waals surface area (Å²) in [6.45, 7) is 2.63. The first kappa shape index (κ1) is 15.8. The molecule has 0 radical (unpaired) electrons. The Labute approximate surface area is 146 Å². The van der Waals surface area contributed by atoms with Gasteiger partial charge in [-0.15, -0.1) is 0 Å². The number of ether oxygens (including phenoxy) is 1. The Bertz CT molecular complexity index is 797. The Morgan fingerprint density at radius 1 is 1.28 bits per heavy atom. The van der Waals surface area contributed by atoms with Crippen molar-refractivity contribution in [3.8, 4) is 17.1 Å². The molecule has 0 unspecified atom stereocenters. The molecule has 1 aromatic carbocycles. The van der Waals surface area contributed by atoms with Gasteiger partial charge in [0.05, 0.1) is 26.4 Å². The van der Waals surface area contributed by atoms with Crippen molar-refractivity contribution < 1.29 is 9.15 Å². The lowest BCUT2D eigenvalue weighted by atomic mass is 10.2. The summed E-state index contributed by atoms with van der Waals surface area (Å²) in [7, 11) is 1.66. The van der Waals surface area contributed by atoms with Crippen LogP contribution in [-0.2, 0) is 13.1 Å². The molecule has 0 aliphatic carbocycles. The van der Waals surface area contributed by atoms with Crippen LogP contribution < -0.4 is 4.74 Å². The SMILES string of the molecule is COc1ccc(-c2cnc(CN3CCC[C@@H]3Cn3cncn3)o2)cc1. The van der Waals surface area contributed by atoms with Gasteiger partial charge >= 0.3 is 0 Å². The van der Waals surface area contributed by atoms with Gasteiger partial charge in [0.15, 0.2) is 5.76 Å². The number of aromatic nitrogens is 4. The fraction of sp³-hybridized carbons (Fsp3) is 0.389. The maximum Gasteiger partial charge on any atom is 0.209 e. The Morgan fingerprint density at radius 2 is 2.16 bits per heavy atom. The molecule has 0 saturated carbocycles. The van der Waals surface area contributed by atoms with E-state index in [2.05, 4.69) is 20.0 Å². The Morgan fingerprint density at radius 3 is 2.92 bits per heavy atom. The molecular weight excluding hydrogens is 318 g/mol. The molecule has 4 rings (SSSR count). The van der Waals surface area contributed by atoms with Gasteiger partial charge < -0.3 is 9.15 Å². The van der Waals surface area contributed by atoms with Gasteiger partial charge in [0.25, 0.3) is 0 Å². The van der Waals surface area contributed by atoms with Crippen molar-refractivity contribution in [1.29, 1.82) is 0 Å². The molecule has 1 aliphatic heterocycles. The third-order valence-corrected chi connectivity index (χ3v) is 4.63. The van der Waals surface area contributed by atoms with Crippen molar-refractivity contribution in [1.82, 2.24) is 24.6 Å². The quantitative estimate of drug-likeness (QED) is 0.687. The molecule has 3 heterocycles. The van der Waals surface area contributed by atoms with E-state index in [0.29, 0.717) is 6.04 Å². The molecule has 1 fully saturated rings. The first-order valence-corrected chi connectivity index (χ1v) is 8.47. The van der Waals surface area contributed by atoms with Crippen molar-refractivity contribution >= 4 is 0 Å². The molecule has 25 heavy (non-hydrogen) atoms. The number of oxazole rings is 1. The van der Waals surface area contributed by atoms with Gasteiger partial charge in [-0.3, -0.25) is 9.58 Å². The third kappa shape index (κ3) is 3.56. The summed E-state index contributed by atoms with van der Waals surface area (Å²) >= 11 is 0. The highest BCUT2D eigenvalue weighted by atomic mass is 16.5. The number of likely N-dealkylation sites (tertiary alicyclic amines) is 1. The topological polar surface area (TPSA) is 69.2 Å². The number of hydrogen-bond acceptors (Lipinski definition) is 6. The summed E-state index contributed by atoms with van der Waals surface area (Å²) in [6, 6.07) is 8.25. The molecule has 0 N–H and O–H groups in total. The largest absolute Gasteiger partial charge is 0.497 e. The van der Waals surface area contributed by atoms with E-state index in [4.69, 9.17) is 9.15 Å². The van der Waals surface area contributed by atoms with Gasteiger partial charge in [-0.25, -0.2) is 9.97 Å². The maximum absolute atomic E-state index is 5.96. The fourth-order valence-electron chi connectivity index (χ4n) is 3.30. The molecule has 130 valence electrons. The highest BCUT2D eigenvalue weighted by molar-refractivity contribution is 5.57. The van der Waals surface area contributed by atoms with E-state index >= 15 is 0 Å². The highest BCUT2D eigenvalue weighted by Gasteiger charge is 2.26. The van der Waals surface area contributed by atoms with E-state index < -0.39 is 0 Å². The minimum absolute atomic E-state index is 0.443. The summed E-state index contributed by atoms with van der Waals surface area (Å²) in [5.41, 5.74) is 1.00. The van der Waals surface area contributed by atoms with Crippen LogP contribution in [0.3, 0.4) is 0 Å². The lowest BCUT2D eigenvalue weighted by Gasteiger charge is -2.22. The van der Waals surface area contributed by atoms with Crippen molar-refractivity contribution in [3.63, 3.8) is 0 Å². The highest BCUT2D eigenvalue weighted by Crippen LogP contribution is 2.25. The van der Waals surface area contributed by atoms with E-state index in [9.17, 15) is 0 Å². The normalized spacial score (nSPS) is 17.9. The molecule has 1 atom stereocenters. The van der Waals surface area contributed by atoms with Crippen LogP contribution in [0.15, 0.2) is 47.5 Å². The van der Waals surface area contributed by atoms with Gasteiger partial charge in [-0.2, -0.15) is 5.10 Å². The number of rotatable bonds is 6. The smallest absolute Gasteiger partial charge is 0.209 e. The fourth-order valence-corrected chi connectivity index (χ4v) is 3.30. The van der Waals surface area contributed by atoms with Crippen LogP contribution in [-0.4, -0.2) is 44.3 Å². The first-order valence-electron chi connectivity index (χ1n) is 8.47. The van der Waals surface area contributed by atoms with Crippen molar-refractivity contribution in [2.45, 2.75) is 32.0 Å². The van der Waals surface area contributed by atoms with Crippen molar-refractivity contribution in [2.24, 2.45) is 0 Å². The van der Waals surface area contributed by atoms with Crippen molar-refractivity contribution in [2.75, 3.05) is 13.7 Å². The molecule has 0 spiro atoms. The van der Waals surface area contributed by atoms with Gasteiger partial charge in [-0.05, 0) is 43.7 Å². The zero-order valence-corrected chi connectivity index (χ0v) is 14.2. The molecule has 1 saturated heterocycles.